The van der Waals surface area contributed by atoms with Gasteiger partial charge in [-0.05, 0) is 31.5 Å². The lowest BCUT2D eigenvalue weighted by molar-refractivity contribution is -0.128. The Labute approximate surface area is 140 Å². The second-order valence-electron chi connectivity index (χ2n) is 6.37. The van der Waals surface area contributed by atoms with Crippen molar-refractivity contribution >= 4 is 12.0 Å². The van der Waals surface area contributed by atoms with E-state index in [1.807, 2.05) is 24.3 Å². The van der Waals surface area contributed by atoms with Crippen molar-refractivity contribution in [2.75, 3.05) is 32.8 Å². The van der Waals surface area contributed by atoms with Crippen LogP contribution in [0.25, 0.3) is 0 Å². The van der Waals surface area contributed by atoms with Crippen LogP contribution in [-0.4, -0.2) is 66.8 Å². The molecule has 128 valence electrons. The van der Waals surface area contributed by atoms with Crippen molar-refractivity contribution in [2.24, 2.45) is 0 Å². The molecule has 2 unspecified atom stereocenters. The summed E-state index contributed by atoms with van der Waals surface area (Å²) in [5.41, 5.74) is 0. The Morgan fingerprint density at radius 1 is 1.12 bits per heavy atom. The van der Waals surface area contributed by atoms with Gasteiger partial charge in [0.1, 0.15) is 12.7 Å². The number of amides is 2. The lowest BCUT2D eigenvalue weighted by atomic mass is 10.0. The summed E-state index contributed by atoms with van der Waals surface area (Å²) in [6.07, 6.45) is 1.19. The number of hydrogen-bond acceptors (Lipinski definition) is 6. The second-order valence-corrected chi connectivity index (χ2v) is 6.37. The van der Waals surface area contributed by atoms with E-state index in [1.54, 1.807) is 0 Å². The third-order valence-electron chi connectivity index (χ3n) is 4.66. The molecule has 0 aromatic heterocycles. The number of cyclic esters (lactones) is 1. The summed E-state index contributed by atoms with van der Waals surface area (Å²) in [5, 5.41) is 0. The van der Waals surface area contributed by atoms with Crippen LogP contribution in [0, 0.1) is 0 Å². The van der Waals surface area contributed by atoms with E-state index in [0.717, 1.165) is 30.9 Å². The first kappa shape index (κ1) is 15.3. The number of carbonyl (C=O) groups excluding carboxylic acids is 2. The van der Waals surface area contributed by atoms with Crippen LogP contribution in [0.15, 0.2) is 24.3 Å². The molecule has 0 N–H and O–H groups in total. The average molecular weight is 332 g/mol. The molecule has 0 spiro atoms. The Morgan fingerprint density at radius 3 is 2.75 bits per heavy atom. The van der Waals surface area contributed by atoms with Gasteiger partial charge in [0.05, 0.1) is 6.04 Å². The van der Waals surface area contributed by atoms with Crippen molar-refractivity contribution in [3.8, 4) is 11.5 Å². The summed E-state index contributed by atoms with van der Waals surface area (Å²) >= 11 is 0. The van der Waals surface area contributed by atoms with Gasteiger partial charge in [-0.1, -0.05) is 12.1 Å². The molecule has 2 saturated heterocycles. The normalized spacial score (nSPS) is 27.2. The van der Waals surface area contributed by atoms with E-state index < -0.39 is 6.09 Å². The molecule has 0 radical (unpaired) electrons. The van der Waals surface area contributed by atoms with Crippen LogP contribution >= 0.6 is 0 Å². The van der Waals surface area contributed by atoms with Gasteiger partial charge >= 0.3 is 6.09 Å². The Kier molecular flexibility index (Phi) is 4.02. The van der Waals surface area contributed by atoms with Crippen molar-refractivity contribution in [2.45, 2.75) is 25.0 Å². The number of carbonyl (C=O) groups is 2. The SMILES string of the molecule is O=C1COC(=O)N1C1CCCN(CC2COc3ccccc3O2)C1. The average Bonchev–Trinajstić information content (AvgIpc) is 2.94. The van der Waals surface area contributed by atoms with Crippen molar-refractivity contribution in [3.63, 3.8) is 0 Å². The first-order chi connectivity index (χ1) is 11.7. The highest BCUT2D eigenvalue weighted by Gasteiger charge is 2.39. The maximum Gasteiger partial charge on any atom is 0.417 e. The van der Waals surface area contributed by atoms with Crippen molar-refractivity contribution in [3.05, 3.63) is 24.3 Å². The van der Waals surface area contributed by atoms with Gasteiger partial charge in [0.2, 0.25) is 0 Å². The zero-order valence-corrected chi connectivity index (χ0v) is 13.3. The number of nitrogens with zero attached hydrogens (tertiary/aromatic N) is 2. The van der Waals surface area contributed by atoms with E-state index >= 15 is 0 Å². The smallest absolute Gasteiger partial charge is 0.417 e. The Morgan fingerprint density at radius 2 is 1.96 bits per heavy atom. The van der Waals surface area contributed by atoms with Gasteiger partial charge in [0, 0.05) is 13.1 Å². The van der Waals surface area contributed by atoms with Crippen molar-refractivity contribution in [1.29, 1.82) is 0 Å². The standard InChI is InChI=1S/C17H20N2O5/c20-16-11-23-17(21)19(16)12-4-3-7-18(8-12)9-13-10-22-14-5-1-2-6-15(14)24-13/h1-2,5-6,12-13H,3-4,7-11H2. The second kappa shape index (κ2) is 6.32. The molecule has 0 saturated carbocycles. The highest BCUT2D eigenvalue weighted by atomic mass is 16.6. The van der Waals surface area contributed by atoms with Gasteiger partial charge < -0.3 is 14.2 Å². The topological polar surface area (TPSA) is 68.3 Å². The summed E-state index contributed by atoms with van der Waals surface area (Å²) in [6.45, 7) is 2.66. The maximum atomic E-state index is 11.8. The molecule has 7 heteroatoms. The van der Waals surface area contributed by atoms with Gasteiger partial charge in [-0.25, -0.2) is 9.69 Å². The van der Waals surface area contributed by atoms with Gasteiger partial charge in [-0.3, -0.25) is 9.69 Å². The van der Waals surface area contributed by atoms with E-state index in [0.29, 0.717) is 19.7 Å². The number of likely N-dealkylation sites (tertiary alicyclic amines) is 1. The van der Waals surface area contributed by atoms with Crippen LogP contribution in [0.2, 0.25) is 0 Å². The Hall–Kier alpha value is -2.28. The Bertz CT molecular complexity index is 634. The molecule has 3 aliphatic rings. The first-order valence-electron chi connectivity index (χ1n) is 8.30. The van der Waals surface area contributed by atoms with Gasteiger partial charge in [-0.15, -0.1) is 0 Å². The number of benzene rings is 1. The molecule has 2 atom stereocenters. The van der Waals surface area contributed by atoms with Gasteiger partial charge in [-0.2, -0.15) is 0 Å². The number of para-hydroxylation sites is 2. The van der Waals surface area contributed by atoms with Crippen LogP contribution in [0.3, 0.4) is 0 Å². The molecule has 7 nitrogen and oxygen atoms in total. The minimum atomic E-state index is -0.516. The fourth-order valence-electron chi connectivity index (χ4n) is 3.57. The van der Waals surface area contributed by atoms with Gasteiger partial charge in [0.25, 0.3) is 5.91 Å². The number of piperidine rings is 1. The zero-order chi connectivity index (χ0) is 16.5. The summed E-state index contributed by atoms with van der Waals surface area (Å²) in [7, 11) is 0. The van der Waals surface area contributed by atoms with E-state index in [9.17, 15) is 9.59 Å². The summed E-state index contributed by atoms with van der Waals surface area (Å²) in [5.74, 6) is 1.30. The molecule has 3 heterocycles. The molecule has 1 aromatic carbocycles. The van der Waals surface area contributed by atoms with Crippen LogP contribution in [0.5, 0.6) is 11.5 Å². The number of rotatable bonds is 3. The summed E-state index contributed by atoms with van der Waals surface area (Å²) < 4.78 is 16.6. The zero-order valence-electron chi connectivity index (χ0n) is 13.3. The molecule has 3 aliphatic heterocycles. The number of ether oxygens (including phenoxy) is 3. The lowest BCUT2D eigenvalue weighted by Gasteiger charge is -2.38. The quantitative estimate of drug-likeness (QED) is 0.830. The highest BCUT2D eigenvalue weighted by Crippen LogP contribution is 2.31. The van der Waals surface area contributed by atoms with E-state index in [4.69, 9.17) is 14.2 Å². The summed E-state index contributed by atoms with van der Waals surface area (Å²) in [4.78, 5) is 27.1. The first-order valence-corrected chi connectivity index (χ1v) is 8.30. The molecule has 2 amide bonds. The largest absolute Gasteiger partial charge is 0.486 e. The molecule has 0 bridgehead atoms. The summed E-state index contributed by atoms with van der Waals surface area (Å²) in [6, 6.07) is 7.53. The van der Waals surface area contributed by atoms with Gasteiger partial charge in [0.15, 0.2) is 18.1 Å². The highest BCUT2D eigenvalue weighted by molar-refractivity contribution is 5.98. The Balaban J connectivity index is 1.37. The number of hydrogen-bond donors (Lipinski definition) is 0. The third kappa shape index (κ3) is 2.91. The molecule has 24 heavy (non-hydrogen) atoms. The molecular formula is C17H20N2O5. The van der Waals surface area contributed by atoms with E-state index in [1.165, 1.54) is 4.90 Å². The molecule has 4 rings (SSSR count). The fourth-order valence-corrected chi connectivity index (χ4v) is 3.57. The fraction of sp³-hybridized carbons (Fsp3) is 0.529. The van der Waals surface area contributed by atoms with E-state index in [2.05, 4.69) is 4.90 Å². The van der Waals surface area contributed by atoms with Crippen LogP contribution < -0.4 is 9.47 Å². The monoisotopic (exact) mass is 332 g/mol. The van der Waals surface area contributed by atoms with Crippen LogP contribution in [0.4, 0.5) is 4.79 Å². The van der Waals surface area contributed by atoms with Crippen LogP contribution in [0.1, 0.15) is 12.8 Å². The lowest BCUT2D eigenvalue weighted by Crippen LogP contribution is -2.52. The maximum absolute atomic E-state index is 11.8. The predicted octanol–water partition coefficient (Wildman–Crippen LogP) is 1.27. The minimum Gasteiger partial charge on any atom is -0.486 e. The molecule has 0 aliphatic carbocycles. The number of fused-ring (bicyclic) bond motifs is 1. The molecular weight excluding hydrogens is 312 g/mol. The molecule has 1 aromatic rings. The van der Waals surface area contributed by atoms with Crippen LogP contribution in [-0.2, 0) is 9.53 Å². The van der Waals surface area contributed by atoms with Crippen molar-refractivity contribution < 1.29 is 23.8 Å². The number of imide groups is 1. The van der Waals surface area contributed by atoms with E-state index in [-0.39, 0.29) is 24.7 Å². The third-order valence-corrected chi connectivity index (χ3v) is 4.66. The van der Waals surface area contributed by atoms with Crippen molar-refractivity contribution in [1.82, 2.24) is 9.80 Å². The minimum absolute atomic E-state index is 0.0557. The predicted molar refractivity (Wildman–Crippen MR) is 84.0 cm³/mol. The molecule has 2 fully saturated rings.